The van der Waals surface area contributed by atoms with E-state index in [0.29, 0.717) is 0 Å². The van der Waals surface area contributed by atoms with Crippen LogP contribution in [0.2, 0.25) is 0 Å². The van der Waals surface area contributed by atoms with Gasteiger partial charge in [0.15, 0.2) is 0 Å². The zero-order valence-corrected chi connectivity index (χ0v) is 24.5. The minimum atomic E-state index is 1.45. The average molecular weight is 598 g/mol. The van der Waals surface area contributed by atoms with Crippen molar-refractivity contribution in [3.8, 4) is 0 Å². The Labute approximate surface area is 202 Å². The van der Waals surface area contributed by atoms with Crippen LogP contribution in [0.1, 0.15) is 66.8 Å². The van der Waals surface area contributed by atoms with Crippen LogP contribution in [-0.2, 0) is 34.6 Å². The summed E-state index contributed by atoms with van der Waals surface area (Å²) in [5, 5.41) is 0. The van der Waals surface area contributed by atoms with Crippen molar-refractivity contribution < 1.29 is 34.6 Å². The second-order valence-corrected chi connectivity index (χ2v) is 7.50. The van der Waals surface area contributed by atoms with Crippen LogP contribution in [-0.4, -0.2) is 0 Å². The molecule has 0 saturated heterocycles. The molecule has 0 fully saturated rings. The van der Waals surface area contributed by atoms with E-state index in [1.54, 1.807) is 0 Å². The van der Waals surface area contributed by atoms with Crippen LogP contribution < -0.4 is 0 Å². The van der Waals surface area contributed by atoms with Gasteiger partial charge >= 0.3 is 54.0 Å². The molecule has 0 aliphatic rings. The Kier molecular flexibility index (Phi) is 15.6. The Morgan fingerprint density at radius 1 is 0.250 bits per heavy atom. The molecule has 0 radical (unpaired) electrons. The molecule has 0 heterocycles. The summed E-state index contributed by atoms with van der Waals surface area (Å²) in [7, 11) is 9.14. The topological polar surface area (TPSA) is 0 Å². The molecule has 28 heavy (non-hydrogen) atoms. The molecule has 0 unspecified atom stereocenters. The fourth-order valence-corrected chi connectivity index (χ4v) is 3.38. The van der Waals surface area contributed by atoms with Crippen molar-refractivity contribution >= 4 is 19.4 Å². The predicted octanol–water partition coefficient (Wildman–Crippen LogP) is 8.45. The molecule has 162 valence electrons. The molecule has 0 atom stereocenters. The molecule has 0 saturated carbocycles. The summed E-state index contributed by atoms with van der Waals surface area (Å²) in [5.41, 5.74) is 17.5. The number of rotatable bonds is 0. The van der Waals surface area contributed by atoms with Gasteiger partial charge < -0.3 is 0 Å². The molecule has 0 aliphatic carbocycles. The van der Waals surface area contributed by atoms with Gasteiger partial charge in [0.05, 0.1) is 0 Å². The Morgan fingerprint density at radius 2 is 0.286 bits per heavy atom. The SMILES string of the molecule is Cc1c(C)c(C)c(C)c(C)c1C.Cc1c(C)c(C)c(C)c(C)c1C.[Cl][Ru].[Cl][Ru]. The van der Waals surface area contributed by atoms with Gasteiger partial charge in [0, 0.05) is 0 Å². The van der Waals surface area contributed by atoms with Crippen LogP contribution in [0.4, 0.5) is 0 Å². The molecular formula is C24H36Cl2Ru2. The van der Waals surface area contributed by atoms with E-state index in [1.807, 2.05) is 34.6 Å². The molecule has 0 N–H and O–H groups in total. The summed E-state index contributed by atoms with van der Waals surface area (Å²) in [6.07, 6.45) is 0. The fraction of sp³-hybridized carbons (Fsp3) is 0.500. The van der Waals surface area contributed by atoms with Crippen molar-refractivity contribution in [3.63, 3.8) is 0 Å². The monoisotopic (exact) mass is 598 g/mol. The van der Waals surface area contributed by atoms with Gasteiger partial charge in [-0.2, -0.15) is 0 Å². The first kappa shape index (κ1) is 30.5. The number of halogens is 2. The Morgan fingerprint density at radius 3 is 0.321 bits per heavy atom. The van der Waals surface area contributed by atoms with E-state index in [1.165, 1.54) is 66.8 Å². The summed E-state index contributed by atoms with van der Waals surface area (Å²) in [4.78, 5) is 0. The number of hydrogen-bond acceptors (Lipinski definition) is 0. The Hall–Kier alpha value is 0.267. The van der Waals surface area contributed by atoms with Gasteiger partial charge in [-0.25, -0.2) is 0 Å². The van der Waals surface area contributed by atoms with Gasteiger partial charge in [-0.05, 0) is 150 Å². The van der Waals surface area contributed by atoms with Crippen molar-refractivity contribution in [2.45, 2.75) is 83.1 Å². The maximum absolute atomic E-state index is 4.57. The summed E-state index contributed by atoms with van der Waals surface area (Å²) in [6.45, 7) is 26.5. The van der Waals surface area contributed by atoms with Crippen LogP contribution in [0.25, 0.3) is 0 Å². The standard InChI is InChI=1S/2C12H18.2ClH.2Ru/c2*1-7-8(2)10(4)12(6)11(5)9(7)3;;;;/h2*1-6H3;2*1H;;/q;;;;2*+1/p-2. The van der Waals surface area contributed by atoms with Crippen molar-refractivity contribution in [3.05, 3.63) is 66.8 Å². The van der Waals surface area contributed by atoms with Gasteiger partial charge in [0.2, 0.25) is 0 Å². The van der Waals surface area contributed by atoms with E-state index in [4.69, 9.17) is 0 Å². The van der Waals surface area contributed by atoms with Crippen molar-refractivity contribution in [2.24, 2.45) is 0 Å². The molecule has 0 nitrogen and oxygen atoms in total. The molecule has 0 amide bonds. The first-order valence-electron chi connectivity index (χ1n) is 9.27. The molecule has 2 rings (SSSR count). The van der Waals surface area contributed by atoms with Gasteiger partial charge in [-0.3, -0.25) is 0 Å². The van der Waals surface area contributed by atoms with Gasteiger partial charge in [-0.1, -0.05) is 0 Å². The third-order valence-electron chi connectivity index (χ3n) is 6.75. The first-order chi connectivity index (χ1) is 12.9. The van der Waals surface area contributed by atoms with Crippen LogP contribution >= 0.6 is 19.4 Å². The first-order valence-corrected chi connectivity index (χ1v) is 13.7. The van der Waals surface area contributed by atoms with Crippen LogP contribution in [0, 0.1) is 83.1 Å². The normalized spacial score (nSPS) is 9.43. The molecular weight excluding hydrogens is 561 g/mol. The van der Waals surface area contributed by atoms with Crippen molar-refractivity contribution in [1.82, 2.24) is 0 Å². The van der Waals surface area contributed by atoms with Crippen LogP contribution in [0.5, 0.6) is 0 Å². The zero-order valence-electron chi connectivity index (χ0n) is 19.5. The van der Waals surface area contributed by atoms with E-state index in [9.17, 15) is 0 Å². The minimum absolute atomic E-state index is 1.45. The molecule has 0 bridgehead atoms. The summed E-state index contributed by atoms with van der Waals surface area (Å²) < 4.78 is 0. The summed E-state index contributed by atoms with van der Waals surface area (Å²) >= 11 is 3.64. The zero-order chi connectivity index (χ0) is 22.9. The van der Waals surface area contributed by atoms with E-state index < -0.39 is 0 Å². The predicted molar refractivity (Wildman–Crippen MR) is 121 cm³/mol. The Bertz CT molecular complexity index is 517. The summed E-state index contributed by atoms with van der Waals surface area (Å²) in [5.74, 6) is 0. The maximum atomic E-state index is 4.57. The fourth-order valence-electron chi connectivity index (χ4n) is 3.38. The molecule has 0 spiro atoms. The second kappa shape index (κ2) is 14.3. The van der Waals surface area contributed by atoms with Gasteiger partial charge in [-0.15, -0.1) is 0 Å². The van der Waals surface area contributed by atoms with E-state index in [-0.39, 0.29) is 0 Å². The molecule has 0 aliphatic heterocycles. The van der Waals surface area contributed by atoms with Gasteiger partial charge in [0.25, 0.3) is 0 Å². The third-order valence-corrected chi connectivity index (χ3v) is 6.75. The second-order valence-electron chi connectivity index (χ2n) is 7.50. The number of hydrogen-bond donors (Lipinski definition) is 0. The van der Waals surface area contributed by atoms with E-state index >= 15 is 0 Å². The van der Waals surface area contributed by atoms with Crippen LogP contribution in [0.15, 0.2) is 0 Å². The molecule has 2 aromatic rings. The quantitative estimate of drug-likeness (QED) is 0.268. The van der Waals surface area contributed by atoms with Crippen molar-refractivity contribution in [1.29, 1.82) is 0 Å². The number of benzene rings is 2. The molecule has 4 heteroatoms. The summed E-state index contributed by atoms with van der Waals surface area (Å²) in [6, 6.07) is 0. The van der Waals surface area contributed by atoms with E-state index in [0.717, 1.165) is 0 Å². The van der Waals surface area contributed by atoms with Crippen LogP contribution in [0.3, 0.4) is 0 Å². The molecule has 2 aromatic carbocycles. The van der Waals surface area contributed by atoms with E-state index in [2.05, 4.69) is 102 Å². The van der Waals surface area contributed by atoms with Gasteiger partial charge in [0.1, 0.15) is 0 Å². The average Bonchev–Trinajstić information content (AvgIpc) is 2.74. The third kappa shape index (κ3) is 7.20. The van der Waals surface area contributed by atoms with Crippen molar-refractivity contribution in [2.75, 3.05) is 0 Å². The molecule has 0 aromatic heterocycles. The Balaban J connectivity index is 0.